The second kappa shape index (κ2) is 10.5. The summed E-state index contributed by atoms with van der Waals surface area (Å²) in [7, 11) is 1.61. The van der Waals surface area contributed by atoms with Gasteiger partial charge in [-0.1, -0.05) is 48.5 Å². The van der Waals surface area contributed by atoms with Crippen molar-refractivity contribution in [2.24, 2.45) is 5.10 Å². The molecule has 0 saturated carbocycles. The maximum absolute atomic E-state index is 13.1. The van der Waals surface area contributed by atoms with E-state index in [1.165, 1.54) is 5.01 Å². The minimum absolute atomic E-state index is 0.146. The average Bonchev–Trinajstić information content (AvgIpc) is 3.58. The van der Waals surface area contributed by atoms with Gasteiger partial charge in [0.1, 0.15) is 5.75 Å². The highest BCUT2D eigenvalue weighted by Gasteiger charge is 2.33. The Morgan fingerprint density at radius 2 is 1.78 bits per heavy atom. The number of carbonyl (C=O) groups excluding carboxylic acids is 2. The van der Waals surface area contributed by atoms with E-state index in [1.807, 2.05) is 72.8 Å². The van der Waals surface area contributed by atoms with Gasteiger partial charge in [0.2, 0.25) is 6.79 Å². The third kappa shape index (κ3) is 5.17. The van der Waals surface area contributed by atoms with Crippen LogP contribution < -0.4 is 14.2 Å². The Kier molecular flexibility index (Phi) is 6.84. The first-order valence-electron chi connectivity index (χ1n) is 11.7. The van der Waals surface area contributed by atoms with Gasteiger partial charge in [0.05, 0.1) is 18.9 Å². The van der Waals surface area contributed by atoms with Gasteiger partial charge in [0.15, 0.2) is 18.1 Å². The van der Waals surface area contributed by atoms with Crippen LogP contribution in [0, 0.1) is 0 Å². The van der Waals surface area contributed by atoms with Crippen molar-refractivity contribution in [2.45, 2.75) is 25.3 Å². The monoisotopic (exact) mass is 486 g/mol. The Balaban J connectivity index is 1.23. The van der Waals surface area contributed by atoms with Crippen molar-refractivity contribution < 1.29 is 28.5 Å². The molecule has 2 aliphatic heterocycles. The van der Waals surface area contributed by atoms with E-state index >= 15 is 0 Å². The van der Waals surface area contributed by atoms with E-state index in [1.54, 1.807) is 7.11 Å². The molecule has 0 radical (unpaired) electrons. The normalized spacial score (nSPS) is 16.0. The molecule has 0 fully saturated rings. The number of hydrazone groups is 1. The van der Waals surface area contributed by atoms with E-state index in [2.05, 4.69) is 5.10 Å². The Morgan fingerprint density at radius 3 is 2.56 bits per heavy atom. The second-order valence-electron chi connectivity index (χ2n) is 8.49. The van der Waals surface area contributed by atoms with E-state index < -0.39 is 5.97 Å². The topological polar surface area (TPSA) is 86.7 Å². The van der Waals surface area contributed by atoms with Gasteiger partial charge in [-0.3, -0.25) is 9.59 Å². The summed E-state index contributed by atoms with van der Waals surface area (Å²) in [5.74, 6) is 1.27. The van der Waals surface area contributed by atoms with Crippen molar-refractivity contribution in [3.63, 3.8) is 0 Å². The fraction of sp³-hybridized carbons (Fsp3) is 0.250. The molecule has 36 heavy (non-hydrogen) atoms. The smallest absolute Gasteiger partial charge is 0.306 e. The summed E-state index contributed by atoms with van der Waals surface area (Å²) in [4.78, 5) is 25.5. The summed E-state index contributed by atoms with van der Waals surface area (Å²) in [5, 5.41) is 6.04. The number of carbonyl (C=O) groups is 2. The number of nitrogens with zero attached hydrogens (tertiary/aromatic N) is 2. The Bertz CT molecular complexity index is 1270. The highest BCUT2D eigenvalue weighted by molar-refractivity contribution is 6.03. The Labute approximate surface area is 209 Å². The predicted octanol–water partition coefficient (Wildman–Crippen LogP) is 4.28. The standard InChI is InChI=1S/C28H26N2O6/c1-33-22-11-9-21(10-12-22)24-16-23(20-5-3-2-4-6-20)29-30(24)27(31)17-34-28(32)14-8-19-7-13-25-26(15-19)36-18-35-25/h2-7,9-13,15,24H,8,14,16-18H2,1H3. The lowest BCUT2D eigenvalue weighted by Gasteiger charge is -2.22. The van der Waals surface area contributed by atoms with Gasteiger partial charge in [-0.2, -0.15) is 5.10 Å². The highest BCUT2D eigenvalue weighted by Crippen LogP contribution is 2.34. The molecule has 5 rings (SSSR count). The van der Waals surface area contributed by atoms with Crippen LogP contribution in [-0.4, -0.2) is 43.1 Å². The van der Waals surface area contributed by atoms with Gasteiger partial charge in [-0.15, -0.1) is 0 Å². The van der Waals surface area contributed by atoms with E-state index in [-0.39, 0.29) is 31.8 Å². The summed E-state index contributed by atoms with van der Waals surface area (Å²) >= 11 is 0. The summed E-state index contributed by atoms with van der Waals surface area (Å²) in [6.07, 6.45) is 1.17. The lowest BCUT2D eigenvalue weighted by atomic mass is 9.98. The average molecular weight is 487 g/mol. The maximum atomic E-state index is 13.1. The zero-order valence-corrected chi connectivity index (χ0v) is 19.9. The minimum Gasteiger partial charge on any atom is -0.497 e. The summed E-state index contributed by atoms with van der Waals surface area (Å²) in [5.41, 5.74) is 3.61. The number of ether oxygens (including phenoxy) is 4. The van der Waals surface area contributed by atoms with Gasteiger partial charge >= 0.3 is 5.97 Å². The largest absolute Gasteiger partial charge is 0.497 e. The first-order valence-corrected chi connectivity index (χ1v) is 11.7. The molecule has 1 atom stereocenters. The zero-order chi connectivity index (χ0) is 24.9. The summed E-state index contributed by atoms with van der Waals surface area (Å²) < 4.78 is 21.3. The molecule has 0 saturated heterocycles. The van der Waals surface area contributed by atoms with E-state index in [4.69, 9.17) is 18.9 Å². The van der Waals surface area contributed by atoms with Crippen molar-refractivity contribution >= 4 is 17.6 Å². The number of hydrogen-bond acceptors (Lipinski definition) is 7. The SMILES string of the molecule is COc1ccc(C2CC(c3ccccc3)=NN2C(=O)COC(=O)CCc2ccc3c(c2)OCO3)cc1. The third-order valence-corrected chi connectivity index (χ3v) is 6.18. The molecule has 0 bridgehead atoms. The molecular weight excluding hydrogens is 460 g/mol. The molecule has 0 spiro atoms. The first kappa shape index (κ1) is 23.4. The van der Waals surface area contributed by atoms with Crippen molar-refractivity contribution in [1.82, 2.24) is 5.01 Å². The number of rotatable bonds is 8. The van der Waals surface area contributed by atoms with Crippen LogP contribution in [-0.2, 0) is 20.7 Å². The minimum atomic E-state index is -0.450. The predicted molar refractivity (Wildman–Crippen MR) is 132 cm³/mol. The molecule has 1 amide bonds. The van der Waals surface area contributed by atoms with Gasteiger partial charge < -0.3 is 18.9 Å². The molecule has 0 aromatic heterocycles. The molecular formula is C28H26N2O6. The Hall–Kier alpha value is -4.33. The van der Waals surface area contributed by atoms with Crippen LogP contribution in [0.15, 0.2) is 77.9 Å². The van der Waals surface area contributed by atoms with Crippen LogP contribution in [0.25, 0.3) is 0 Å². The Morgan fingerprint density at radius 1 is 1.00 bits per heavy atom. The fourth-order valence-corrected chi connectivity index (χ4v) is 4.25. The quantitative estimate of drug-likeness (QED) is 0.442. The van der Waals surface area contributed by atoms with Crippen molar-refractivity contribution in [1.29, 1.82) is 0 Å². The van der Waals surface area contributed by atoms with Crippen LogP contribution >= 0.6 is 0 Å². The molecule has 8 nitrogen and oxygen atoms in total. The third-order valence-electron chi connectivity index (χ3n) is 6.18. The van der Waals surface area contributed by atoms with Crippen molar-refractivity contribution in [3.05, 3.63) is 89.5 Å². The molecule has 3 aromatic carbocycles. The fourth-order valence-electron chi connectivity index (χ4n) is 4.25. The number of amides is 1. The van der Waals surface area contributed by atoms with Gasteiger partial charge in [-0.25, -0.2) is 5.01 Å². The molecule has 0 N–H and O–H groups in total. The van der Waals surface area contributed by atoms with Crippen LogP contribution in [0.3, 0.4) is 0 Å². The number of aryl methyl sites for hydroxylation is 1. The number of fused-ring (bicyclic) bond motifs is 1. The van der Waals surface area contributed by atoms with Crippen LogP contribution in [0.1, 0.15) is 35.6 Å². The van der Waals surface area contributed by atoms with E-state index in [0.29, 0.717) is 24.3 Å². The number of methoxy groups -OCH3 is 1. The molecule has 0 aliphatic carbocycles. The molecule has 3 aromatic rings. The number of hydrogen-bond donors (Lipinski definition) is 0. The maximum Gasteiger partial charge on any atom is 0.306 e. The van der Waals surface area contributed by atoms with E-state index in [9.17, 15) is 9.59 Å². The number of benzene rings is 3. The molecule has 8 heteroatoms. The lowest BCUT2D eigenvalue weighted by Crippen LogP contribution is -2.31. The van der Waals surface area contributed by atoms with Crippen LogP contribution in [0.5, 0.6) is 17.2 Å². The zero-order valence-electron chi connectivity index (χ0n) is 19.9. The van der Waals surface area contributed by atoms with Crippen LogP contribution in [0.2, 0.25) is 0 Å². The summed E-state index contributed by atoms with van der Waals surface area (Å²) in [6.45, 7) is -0.177. The highest BCUT2D eigenvalue weighted by atomic mass is 16.7. The molecule has 2 heterocycles. The van der Waals surface area contributed by atoms with Gasteiger partial charge in [-0.05, 0) is 47.4 Å². The van der Waals surface area contributed by atoms with Crippen molar-refractivity contribution in [3.8, 4) is 17.2 Å². The molecule has 184 valence electrons. The van der Waals surface area contributed by atoms with Crippen LogP contribution in [0.4, 0.5) is 0 Å². The van der Waals surface area contributed by atoms with Crippen molar-refractivity contribution in [2.75, 3.05) is 20.5 Å². The van der Waals surface area contributed by atoms with Gasteiger partial charge in [0.25, 0.3) is 5.91 Å². The number of esters is 1. The van der Waals surface area contributed by atoms with E-state index in [0.717, 1.165) is 28.2 Å². The lowest BCUT2D eigenvalue weighted by molar-refractivity contribution is -0.152. The molecule has 2 aliphatic rings. The summed E-state index contributed by atoms with van der Waals surface area (Å²) in [6, 6.07) is 22.6. The second-order valence-corrected chi connectivity index (χ2v) is 8.49. The first-order chi connectivity index (χ1) is 17.6. The van der Waals surface area contributed by atoms with Gasteiger partial charge in [0, 0.05) is 12.8 Å². The molecule has 1 unspecified atom stereocenters.